The zero-order chi connectivity index (χ0) is 20.1. The summed E-state index contributed by atoms with van der Waals surface area (Å²) in [5.41, 5.74) is 2.07. The van der Waals surface area contributed by atoms with E-state index in [4.69, 9.17) is 0 Å². The Morgan fingerprint density at radius 1 is 1.10 bits per heavy atom. The highest BCUT2D eigenvalue weighted by Gasteiger charge is 2.31. The Kier molecular flexibility index (Phi) is 6.55. The molecule has 0 unspecified atom stereocenters. The first kappa shape index (κ1) is 20.0. The number of nitrogens with zero attached hydrogens (tertiary/aromatic N) is 2. The second kappa shape index (κ2) is 9.49. The fourth-order valence-electron chi connectivity index (χ4n) is 4.43. The average molecular weight is 396 g/mol. The Balaban J connectivity index is 1.47. The van der Waals surface area contributed by atoms with Crippen LogP contribution in [0.4, 0.5) is 4.39 Å². The van der Waals surface area contributed by atoms with Gasteiger partial charge in [-0.05, 0) is 68.5 Å². The van der Waals surface area contributed by atoms with Crippen molar-refractivity contribution in [2.75, 3.05) is 6.54 Å². The number of halogens is 1. The van der Waals surface area contributed by atoms with Gasteiger partial charge in [0, 0.05) is 24.7 Å². The molecule has 2 fully saturated rings. The minimum atomic E-state index is -0.196. The fraction of sp³-hybridized carbons (Fsp3) is 0.500. The van der Waals surface area contributed by atoms with E-state index in [0.717, 1.165) is 56.5 Å². The molecule has 1 aromatic carbocycles. The third-order valence-corrected chi connectivity index (χ3v) is 6.39. The van der Waals surface area contributed by atoms with Crippen LogP contribution in [0.1, 0.15) is 62.2 Å². The molecule has 1 aliphatic carbocycles. The molecule has 4 rings (SSSR count). The molecule has 2 heterocycles. The number of hydrogen-bond donors (Lipinski definition) is 1. The number of piperidine rings is 1. The number of carbonyl (C=O) groups excluding carboxylic acids is 1. The Morgan fingerprint density at radius 2 is 1.93 bits per heavy atom. The molecule has 2 atom stereocenters. The highest BCUT2D eigenvalue weighted by Crippen LogP contribution is 2.30. The van der Waals surface area contributed by atoms with Crippen LogP contribution >= 0.6 is 0 Å². The SMILES string of the molecule is O=C(N[C@H](C[C@@H]1CCCCN1Cc1ccc(F)cc1)c1ccccn1)C1CCC1. The number of amides is 1. The van der Waals surface area contributed by atoms with Gasteiger partial charge < -0.3 is 5.32 Å². The zero-order valence-electron chi connectivity index (χ0n) is 16.9. The minimum Gasteiger partial charge on any atom is -0.347 e. The smallest absolute Gasteiger partial charge is 0.223 e. The molecule has 2 aliphatic rings. The van der Waals surface area contributed by atoms with E-state index in [1.54, 1.807) is 6.20 Å². The molecule has 5 heteroatoms. The van der Waals surface area contributed by atoms with Crippen molar-refractivity contribution in [3.05, 3.63) is 65.7 Å². The summed E-state index contributed by atoms with van der Waals surface area (Å²) in [4.78, 5) is 19.7. The van der Waals surface area contributed by atoms with Crippen LogP contribution in [0, 0.1) is 11.7 Å². The molecule has 1 N–H and O–H groups in total. The van der Waals surface area contributed by atoms with Crippen LogP contribution in [0.2, 0.25) is 0 Å². The van der Waals surface area contributed by atoms with Gasteiger partial charge in [0.25, 0.3) is 0 Å². The van der Waals surface area contributed by atoms with Gasteiger partial charge in [-0.25, -0.2) is 4.39 Å². The van der Waals surface area contributed by atoms with E-state index in [-0.39, 0.29) is 23.7 Å². The summed E-state index contributed by atoms with van der Waals surface area (Å²) in [6.07, 6.45) is 9.31. The summed E-state index contributed by atoms with van der Waals surface area (Å²) >= 11 is 0. The van der Waals surface area contributed by atoms with Gasteiger partial charge in [-0.1, -0.05) is 31.0 Å². The predicted molar refractivity (Wildman–Crippen MR) is 112 cm³/mol. The third kappa shape index (κ3) is 5.21. The molecule has 2 aromatic rings. The van der Waals surface area contributed by atoms with Gasteiger partial charge in [0.05, 0.1) is 11.7 Å². The summed E-state index contributed by atoms with van der Waals surface area (Å²) < 4.78 is 13.3. The van der Waals surface area contributed by atoms with Crippen LogP contribution < -0.4 is 5.32 Å². The number of carbonyl (C=O) groups is 1. The van der Waals surface area contributed by atoms with E-state index in [2.05, 4.69) is 15.2 Å². The number of likely N-dealkylation sites (tertiary alicyclic amines) is 1. The van der Waals surface area contributed by atoms with Gasteiger partial charge in [-0.3, -0.25) is 14.7 Å². The topological polar surface area (TPSA) is 45.2 Å². The maximum atomic E-state index is 13.3. The molecule has 1 saturated heterocycles. The Morgan fingerprint density at radius 3 is 2.62 bits per heavy atom. The fourth-order valence-corrected chi connectivity index (χ4v) is 4.43. The van der Waals surface area contributed by atoms with Crippen molar-refractivity contribution in [1.82, 2.24) is 15.2 Å². The van der Waals surface area contributed by atoms with E-state index in [0.29, 0.717) is 6.04 Å². The van der Waals surface area contributed by atoms with Crippen LogP contribution in [0.5, 0.6) is 0 Å². The standard InChI is InChI=1S/C24H30FN3O/c25-20-12-10-18(11-13-20)17-28-15-4-2-8-21(28)16-23(22-9-1-3-14-26-22)27-24(29)19-6-5-7-19/h1,3,9-14,19,21,23H,2,4-8,15-17H2,(H,27,29)/t21-,23+/m0/s1. The van der Waals surface area contributed by atoms with Gasteiger partial charge in [-0.2, -0.15) is 0 Å². The number of rotatable bonds is 7. The minimum absolute atomic E-state index is 0.0666. The first-order chi connectivity index (χ1) is 14.2. The molecule has 29 heavy (non-hydrogen) atoms. The van der Waals surface area contributed by atoms with E-state index < -0.39 is 0 Å². The van der Waals surface area contributed by atoms with Crippen LogP contribution in [0.15, 0.2) is 48.7 Å². The average Bonchev–Trinajstić information content (AvgIpc) is 2.70. The summed E-state index contributed by atoms with van der Waals surface area (Å²) in [5, 5.41) is 3.30. The van der Waals surface area contributed by atoms with Crippen molar-refractivity contribution in [2.45, 2.75) is 63.6 Å². The van der Waals surface area contributed by atoms with Gasteiger partial charge in [0.2, 0.25) is 5.91 Å². The normalized spacial score (nSPS) is 21.3. The van der Waals surface area contributed by atoms with E-state index in [1.807, 2.05) is 30.3 Å². The van der Waals surface area contributed by atoms with Crippen LogP contribution in [-0.2, 0) is 11.3 Å². The molecule has 0 spiro atoms. The van der Waals surface area contributed by atoms with Crippen molar-refractivity contribution in [3.63, 3.8) is 0 Å². The van der Waals surface area contributed by atoms with Crippen LogP contribution in [-0.4, -0.2) is 28.4 Å². The predicted octanol–water partition coefficient (Wildman–Crippen LogP) is 4.62. The lowest BCUT2D eigenvalue weighted by Gasteiger charge is -2.38. The zero-order valence-corrected chi connectivity index (χ0v) is 16.9. The number of aromatic nitrogens is 1. The van der Waals surface area contributed by atoms with Gasteiger partial charge in [-0.15, -0.1) is 0 Å². The van der Waals surface area contributed by atoms with Gasteiger partial charge in [0.15, 0.2) is 0 Å². The second-order valence-electron chi connectivity index (χ2n) is 8.43. The molecule has 154 valence electrons. The third-order valence-electron chi connectivity index (χ3n) is 6.39. The highest BCUT2D eigenvalue weighted by molar-refractivity contribution is 5.79. The molecule has 1 saturated carbocycles. The maximum Gasteiger partial charge on any atom is 0.223 e. The van der Waals surface area contributed by atoms with E-state index in [1.165, 1.54) is 25.0 Å². The molecular weight excluding hydrogens is 365 g/mol. The molecule has 1 aliphatic heterocycles. The number of pyridine rings is 1. The van der Waals surface area contributed by atoms with Gasteiger partial charge in [0.1, 0.15) is 5.82 Å². The van der Waals surface area contributed by atoms with Gasteiger partial charge >= 0.3 is 0 Å². The molecular formula is C24H30FN3O. The summed E-state index contributed by atoms with van der Waals surface area (Å²) in [7, 11) is 0. The number of hydrogen-bond acceptors (Lipinski definition) is 3. The lowest BCUT2D eigenvalue weighted by atomic mass is 9.84. The van der Waals surface area contributed by atoms with E-state index >= 15 is 0 Å². The quantitative estimate of drug-likeness (QED) is 0.744. The van der Waals surface area contributed by atoms with Crippen molar-refractivity contribution in [3.8, 4) is 0 Å². The van der Waals surface area contributed by atoms with Crippen LogP contribution in [0.3, 0.4) is 0 Å². The van der Waals surface area contributed by atoms with Crippen molar-refractivity contribution < 1.29 is 9.18 Å². The monoisotopic (exact) mass is 395 g/mol. The first-order valence-corrected chi connectivity index (χ1v) is 10.9. The largest absolute Gasteiger partial charge is 0.347 e. The molecule has 1 amide bonds. The van der Waals surface area contributed by atoms with E-state index in [9.17, 15) is 9.18 Å². The highest BCUT2D eigenvalue weighted by atomic mass is 19.1. The molecule has 0 bridgehead atoms. The molecule has 1 aromatic heterocycles. The lowest BCUT2D eigenvalue weighted by Crippen LogP contribution is -2.44. The Bertz CT molecular complexity index is 792. The number of benzene rings is 1. The van der Waals surface area contributed by atoms with Crippen molar-refractivity contribution in [2.24, 2.45) is 5.92 Å². The summed E-state index contributed by atoms with van der Waals surface area (Å²) in [6, 6.07) is 13.0. The summed E-state index contributed by atoms with van der Waals surface area (Å²) in [6.45, 7) is 1.85. The Labute approximate surface area is 172 Å². The lowest BCUT2D eigenvalue weighted by molar-refractivity contribution is -0.128. The first-order valence-electron chi connectivity index (χ1n) is 10.9. The van der Waals surface area contributed by atoms with Crippen LogP contribution in [0.25, 0.3) is 0 Å². The molecule has 0 radical (unpaired) electrons. The number of nitrogens with one attached hydrogen (secondary N) is 1. The molecule has 4 nitrogen and oxygen atoms in total. The maximum absolute atomic E-state index is 13.3. The second-order valence-corrected chi connectivity index (χ2v) is 8.43. The van der Waals surface area contributed by atoms with Crippen molar-refractivity contribution in [1.29, 1.82) is 0 Å². The van der Waals surface area contributed by atoms with Crippen molar-refractivity contribution >= 4 is 5.91 Å². The Hall–Kier alpha value is -2.27. The summed E-state index contributed by atoms with van der Waals surface area (Å²) in [5.74, 6) is 0.147.